The maximum Gasteiger partial charge on any atom is 0.290 e. The second kappa shape index (κ2) is 8.10. The molecule has 6 nitrogen and oxygen atoms in total. The van der Waals surface area contributed by atoms with Gasteiger partial charge in [-0.3, -0.25) is 9.59 Å². The van der Waals surface area contributed by atoms with Crippen molar-refractivity contribution in [2.75, 3.05) is 34.3 Å². The van der Waals surface area contributed by atoms with Gasteiger partial charge in [0.25, 0.3) is 5.91 Å². The third kappa shape index (κ3) is 3.79. The first-order valence-electron chi connectivity index (χ1n) is 10.8. The number of nitrogens with zero attached hydrogens (tertiary/aromatic N) is 2. The predicted octanol–water partition coefficient (Wildman–Crippen LogP) is 4.21. The van der Waals surface area contributed by atoms with Gasteiger partial charge >= 0.3 is 0 Å². The summed E-state index contributed by atoms with van der Waals surface area (Å²) >= 11 is 0. The number of carbonyl (C=O) groups is 1. The molecule has 0 fully saturated rings. The van der Waals surface area contributed by atoms with Crippen LogP contribution in [0.4, 0.5) is 0 Å². The molecule has 1 atom stereocenters. The average Bonchev–Trinajstić information content (AvgIpc) is 3.03. The molecule has 0 bridgehead atoms. The van der Waals surface area contributed by atoms with Crippen LogP contribution in [0.5, 0.6) is 5.75 Å². The van der Waals surface area contributed by atoms with Gasteiger partial charge in [-0.25, -0.2) is 0 Å². The Kier molecular flexibility index (Phi) is 5.59. The Balaban J connectivity index is 1.89. The van der Waals surface area contributed by atoms with E-state index in [1.165, 1.54) is 5.56 Å². The Morgan fingerprint density at radius 1 is 1.06 bits per heavy atom. The molecule has 3 aromatic rings. The minimum atomic E-state index is -0.478. The zero-order valence-corrected chi connectivity index (χ0v) is 19.6. The van der Waals surface area contributed by atoms with Crippen molar-refractivity contribution in [2.24, 2.45) is 0 Å². The Bertz CT molecular complexity index is 1220. The van der Waals surface area contributed by atoms with Crippen molar-refractivity contribution in [3.8, 4) is 5.75 Å². The summed E-state index contributed by atoms with van der Waals surface area (Å²) in [5.74, 6) is 0.442. The van der Waals surface area contributed by atoms with Crippen molar-refractivity contribution >= 4 is 16.9 Å². The van der Waals surface area contributed by atoms with Crippen LogP contribution >= 0.6 is 0 Å². The molecule has 1 aromatic heterocycles. The lowest BCUT2D eigenvalue weighted by Crippen LogP contribution is -2.35. The first kappa shape index (κ1) is 22.1. The summed E-state index contributed by atoms with van der Waals surface area (Å²) in [5.41, 5.74) is 2.72. The third-order valence-electron chi connectivity index (χ3n) is 6.06. The van der Waals surface area contributed by atoms with Crippen molar-refractivity contribution in [1.29, 1.82) is 0 Å². The molecule has 1 aliphatic rings. The molecule has 32 heavy (non-hydrogen) atoms. The molecule has 4 rings (SSSR count). The molecule has 1 amide bonds. The molecule has 1 aliphatic heterocycles. The van der Waals surface area contributed by atoms with E-state index in [-0.39, 0.29) is 22.5 Å². The topological polar surface area (TPSA) is 63.0 Å². The highest BCUT2D eigenvalue weighted by molar-refractivity contribution is 5.99. The summed E-state index contributed by atoms with van der Waals surface area (Å²) in [6.45, 7) is 7.65. The van der Waals surface area contributed by atoms with Crippen molar-refractivity contribution < 1.29 is 13.9 Å². The highest BCUT2D eigenvalue weighted by atomic mass is 16.5. The maximum absolute atomic E-state index is 13.6. The Labute approximate surface area is 188 Å². The van der Waals surface area contributed by atoms with E-state index in [2.05, 4.69) is 32.9 Å². The summed E-state index contributed by atoms with van der Waals surface area (Å²) in [5, 5.41) is 0.447. The normalized spacial score (nSPS) is 16.2. The quantitative estimate of drug-likeness (QED) is 0.602. The van der Waals surface area contributed by atoms with Crippen LogP contribution in [0.15, 0.2) is 51.7 Å². The third-order valence-corrected chi connectivity index (χ3v) is 6.06. The Morgan fingerprint density at radius 3 is 2.34 bits per heavy atom. The summed E-state index contributed by atoms with van der Waals surface area (Å²) in [4.78, 5) is 30.8. The van der Waals surface area contributed by atoms with Crippen molar-refractivity contribution in [3.05, 3.63) is 75.1 Å². The number of hydrogen-bond donors (Lipinski definition) is 0. The minimum Gasteiger partial charge on any atom is -0.497 e. The number of carbonyl (C=O) groups excluding carboxylic acids is 1. The van der Waals surface area contributed by atoms with Crippen molar-refractivity contribution in [3.63, 3.8) is 0 Å². The second-order valence-corrected chi connectivity index (χ2v) is 9.61. The molecule has 0 saturated carbocycles. The van der Waals surface area contributed by atoms with E-state index >= 15 is 0 Å². The number of fused-ring (bicyclic) bond motifs is 2. The zero-order chi connectivity index (χ0) is 23.2. The van der Waals surface area contributed by atoms with Crippen LogP contribution in [0.2, 0.25) is 0 Å². The average molecular weight is 435 g/mol. The van der Waals surface area contributed by atoms with Gasteiger partial charge in [-0.1, -0.05) is 45.0 Å². The molecule has 168 valence electrons. The summed E-state index contributed by atoms with van der Waals surface area (Å²) in [6.07, 6.45) is 0. The van der Waals surface area contributed by atoms with E-state index in [9.17, 15) is 9.59 Å². The number of methoxy groups -OCH3 is 1. The summed E-state index contributed by atoms with van der Waals surface area (Å²) in [6, 6.07) is 12.8. The largest absolute Gasteiger partial charge is 0.497 e. The molecule has 0 aliphatic carbocycles. The molecule has 2 heterocycles. The number of ether oxygens (including phenoxy) is 1. The molecule has 0 radical (unpaired) electrons. The minimum absolute atomic E-state index is 0.0147. The molecule has 6 heteroatoms. The molecule has 2 aromatic carbocycles. The van der Waals surface area contributed by atoms with Gasteiger partial charge in [-0.15, -0.1) is 0 Å². The number of amides is 1. The van der Waals surface area contributed by atoms with Gasteiger partial charge < -0.3 is 19.0 Å². The van der Waals surface area contributed by atoms with Crippen LogP contribution in [0.25, 0.3) is 11.0 Å². The maximum atomic E-state index is 13.6. The predicted molar refractivity (Wildman–Crippen MR) is 126 cm³/mol. The van der Waals surface area contributed by atoms with Gasteiger partial charge in [-0.2, -0.15) is 0 Å². The van der Waals surface area contributed by atoms with Crippen molar-refractivity contribution in [1.82, 2.24) is 9.80 Å². The number of hydrogen-bond acceptors (Lipinski definition) is 5. The SMILES string of the molecule is COc1ccc2c(=O)c3c(oc2c1)C(=O)N(CCN(C)C)[C@@H]3c1ccc(C(C)(C)C)cc1. The van der Waals surface area contributed by atoms with Crippen LogP contribution in [-0.2, 0) is 5.41 Å². The standard InChI is InChI=1S/C26H30N2O4/c1-26(2,3)17-9-7-16(8-10-17)22-21-23(29)19-12-11-18(31-6)15-20(19)32-24(21)25(30)28(22)14-13-27(4)5/h7-12,15,22H,13-14H2,1-6H3/t22-/m1/s1. The number of likely N-dealkylation sites (N-methyl/N-ethyl adjacent to an activating group) is 1. The summed E-state index contributed by atoms with van der Waals surface area (Å²) < 4.78 is 11.3. The van der Waals surface area contributed by atoms with Gasteiger partial charge in [-0.05, 0) is 42.8 Å². The van der Waals surface area contributed by atoms with E-state index in [4.69, 9.17) is 9.15 Å². The van der Waals surface area contributed by atoms with E-state index in [1.54, 1.807) is 30.2 Å². The highest BCUT2D eigenvalue weighted by Crippen LogP contribution is 2.39. The van der Waals surface area contributed by atoms with Gasteiger partial charge in [0.15, 0.2) is 5.43 Å². The van der Waals surface area contributed by atoms with Crippen LogP contribution in [0, 0.1) is 0 Å². The molecule has 0 spiro atoms. The Morgan fingerprint density at radius 2 is 1.75 bits per heavy atom. The van der Waals surface area contributed by atoms with Gasteiger partial charge in [0.1, 0.15) is 11.3 Å². The number of rotatable bonds is 5. The van der Waals surface area contributed by atoms with Crippen LogP contribution in [0.3, 0.4) is 0 Å². The highest BCUT2D eigenvalue weighted by Gasteiger charge is 2.42. The fourth-order valence-corrected chi connectivity index (χ4v) is 4.18. The molecular weight excluding hydrogens is 404 g/mol. The fraction of sp³-hybridized carbons (Fsp3) is 0.385. The van der Waals surface area contributed by atoms with Gasteiger partial charge in [0, 0.05) is 19.2 Å². The molecule has 0 N–H and O–H groups in total. The molecule has 0 unspecified atom stereocenters. The van der Waals surface area contributed by atoms with E-state index in [0.717, 1.165) is 5.56 Å². The lowest BCUT2D eigenvalue weighted by atomic mass is 9.86. The van der Waals surface area contributed by atoms with E-state index in [0.29, 0.717) is 35.4 Å². The van der Waals surface area contributed by atoms with Gasteiger partial charge in [0.05, 0.1) is 24.1 Å². The molecular formula is C26H30N2O4. The van der Waals surface area contributed by atoms with Gasteiger partial charge in [0.2, 0.25) is 5.76 Å². The Hall–Kier alpha value is -3.12. The smallest absolute Gasteiger partial charge is 0.290 e. The van der Waals surface area contributed by atoms with Crippen LogP contribution in [-0.4, -0.2) is 50.0 Å². The second-order valence-electron chi connectivity index (χ2n) is 9.61. The summed E-state index contributed by atoms with van der Waals surface area (Å²) in [7, 11) is 5.48. The fourth-order valence-electron chi connectivity index (χ4n) is 4.18. The number of benzene rings is 2. The zero-order valence-electron chi connectivity index (χ0n) is 19.6. The van der Waals surface area contributed by atoms with E-state index < -0.39 is 6.04 Å². The first-order valence-corrected chi connectivity index (χ1v) is 10.8. The first-order chi connectivity index (χ1) is 15.1. The van der Waals surface area contributed by atoms with E-state index in [1.807, 2.05) is 31.1 Å². The lowest BCUT2D eigenvalue weighted by molar-refractivity contribution is 0.0716. The lowest BCUT2D eigenvalue weighted by Gasteiger charge is -2.27. The molecule has 0 saturated heterocycles. The van der Waals surface area contributed by atoms with Crippen LogP contribution < -0.4 is 10.2 Å². The van der Waals surface area contributed by atoms with Crippen LogP contribution in [0.1, 0.15) is 54.1 Å². The monoisotopic (exact) mass is 434 g/mol. The van der Waals surface area contributed by atoms with Crippen molar-refractivity contribution in [2.45, 2.75) is 32.2 Å².